The molecule has 1 fully saturated rings. The van der Waals surface area contributed by atoms with Crippen molar-refractivity contribution in [3.8, 4) is 0 Å². The van der Waals surface area contributed by atoms with Crippen LogP contribution in [0.15, 0.2) is 17.4 Å². The third-order valence-corrected chi connectivity index (χ3v) is 5.17. The summed E-state index contributed by atoms with van der Waals surface area (Å²) in [7, 11) is -1.28. The summed E-state index contributed by atoms with van der Waals surface area (Å²) in [6.45, 7) is 8.00. The Kier molecular flexibility index (Phi) is 5.73. The van der Waals surface area contributed by atoms with Gasteiger partial charge in [0.05, 0.1) is 22.2 Å². The van der Waals surface area contributed by atoms with Crippen LogP contribution in [-0.2, 0) is 15.5 Å². The number of hydrogen-bond donors (Lipinski definition) is 0. The molecule has 1 aromatic heterocycles. The molecule has 23 heavy (non-hydrogen) atoms. The second-order valence-electron chi connectivity index (χ2n) is 6.78. The lowest BCUT2D eigenvalue weighted by Gasteiger charge is -2.36. The number of piperidine rings is 1. The Morgan fingerprint density at radius 1 is 1.35 bits per heavy atom. The van der Waals surface area contributed by atoms with E-state index in [1.807, 2.05) is 20.8 Å². The second-order valence-corrected chi connectivity index (χ2v) is 8.19. The molecular formula is C16H25N3O3S. The highest BCUT2D eigenvalue weighted by Crippen LogP contribution is 2.22. The van der Waals surface area contributed by atoms with Crippen LogP contribution < -0.4 is 0 Å². The van der Waals surface area contributed by atoms with Crippen LogP contribution in [0.2, 0.25) is 0 Å². The molecule has 0 N–H and O–H groups in total. The van der Waals surface area contributed by atoms with E-state index < -0.39 is 16.4 Å². The number of rotatable bonds is 3. The fourth-order valence-corrected chi connectivity index (χ4v) is 4.02. The molecular weight excluding hydrogens is 314 g/mol. The number of aromatic nitrogens is 2. The van der Waals surface area contributed by atoms with Crippen LogP contribution in [0.3, 0.4) is 0 Å². The molecule has 0 aliphatic carbocycles. The minimum Gasteiger partial charge on any atom is -0.444 e. The van der Waals surface area contributed by atoms with E-state index in [0.717, 1.165) is 19.3 Å². The molecule has 0 bridgehead atoms. The molecule has 0 radical (unpaired) electrons. The van der Waals surface area contributed by atoms with Crippen molar-refractivity contribution in [2.45, 2.75) is 63.6 Å². The lowest BCUT2D eigenvalue weighted by molar-refractivity contribution is 0.0125. The van der Waals surface area contributed by atoms with Gasteiger partial charge in [0.2, 0.25) is 0 Å². The van der Waals surface area contributed by atoms with Gasteiger partial charge in [0.15, 0.2) is 0 Å². The van der Waals surface area contributed by atoms with Gasteiger partial charge in [0.1, 0.15) is 10.6 Å². The van der Waals surface area contributed by atoms with E-state index in [-0.39, 0.29) is 12.1 Å². The molecule has 6 nitrogen and oxygen atoms in total. The molecule has 0 saturated carbocycles. The van der Waals surface area contributed by atoms with Crippen molar-refractivity contribution in [2.75, 3.05) is 12.3 Å². The first kappa shape index (κ1) is 17.8. The predicted octanol–water partition coefficient (Wildman–Crippen LogP) is 2.68. The Balaban J connectivity index is 2.08. The number of ether oxygens (including phenoxy) is 1. The Labute approximate surface area is 140 Å². The molecule has 1 amide bonds. The maximum atomic E-state index is 12.6. The zero-order chi connectivity index (χ0) is 17.0. The lowest BCUT2D eigenvalue weighted by atomic mass is 10.0. The van der Waals surface area contributed by atoms with Gasteiger partial charge in [-0.05, 0) is 47.0 Å². The number of nitrogens with zero attached hydrogens (tertiary/aromatic N) is 3. The number of carbonyl (C=O) groups is 1. The maximum absolute atomic E-state index is 12.6. The van der Waals surface area contributed by atoms with Gasteiger partial charge in [0.25, 0.3) is 0 Å². The summed E-state index contributed by atoms with van der Waals surface area (Å²) in [5.41, 5.74) is 0.144. The summed E-state index contributed by atoms with van der Waals surface area (Å²) in [5, 5.41) is 0.502. The molecule has 1 aliphatic rings. The summed E-state index contributed by atoms with van der Waals surface area (Å²) < 4.78 is 18.1. The van der Waals surface area contributed by atoms with Crippen molar-refractivity contribution >= 4 is 16.9 Å². The van der Waals surface area contributed by atoms with E-state index in [0.29, 0.717) is 23.0 Å². The van der Waals surface area contributed by atoms with Gasteiger partial charge in [-0.2, -0.15) is 0 Å². The Morgan fingerprint density at radius 3 is 2.70 bits per heavy atom. The summed E-state index contributed by atoms with van der Waals surface area (Å²) >= 11 is 0. The van der Waals surface area contributed by atoms with Crippen molar-refractivity contribution in [3.63, 3.8) is 0 Å². The number of aryl methyl sites for hydroxylation is 1. The van der Waals surface area contributed by atoms with Gasteiger partial charge in [0, 0.05) is 25.0 Å². The van der Waals surface area contributed by atoms with Crippen molar-refractivity contribution in [3.05, 3.63) is 18.1 Å². The molecule has 128 valence electrons. The van der Waals surface area contributed by atoms with E-state index >= 15 is 0 Å². The minimum absolute atomic E-state index is 0.0826. The Morgan fingerprint density at radius 2 is 2.04 bits per heavy atom. The average Bonchev–Trinajstić information content (AvgIpc) is 2.46. The predicted molar refractivity (Wildman–Crippen MR) is 88.6 cm³/mol. The first-order valence-corrected chi connectivity index (χ1v) is 9.25. The van der Waals surface area contributed by atoms with E-state index in [9.17, 15) is 9.00 Å². The van der Waals surface area contributed by atoms with Gasteiger partial charge < -0.3 is 9.64 Å². The normalized spacial score (nSPS) is 20.2. The van der Waals surface area contributed by atoms with Gasteiger partial charge in [-0.15, -0.1) is 0 Å². The number of carbonyl (C=O) groups excluding carboxylic acids is 1. The first-order valence-electron chi connectivity index (χ1n) is 7.93. The van der Waals surface area contributed by atoms with Crippen LogP contribution in [0, 0.1) is 6.92 Å². The fraction of sp³-hybridized carbons (Fsp3) is 0.688. The maximum Gasteiger partial charge on any atom is 0.410 e. The quantitative estimate of drug-likeness (QED) is 0.846. The van der Waals surface area contributed by atoms with Gasteiger partial charge in [-0.25, -0.2) is 9.78 Å². The smallest absolute Gasteiger partial charge is 0.410 e. The lowest BCUT2D eigenvalue weighted by Crippen LogP contribution is -2.48. The van der Waals surface area contributed by atoms with Gasteiger partial charge in [-0.1, -0.05) is 0 Å². The molecule has 2 atom stereocenters. The monoisotopic (exact) mass is 339 g/mol. The van der Waals surface area contributed by atoms with Crippen LogP contribution in [-0.4, -0.2) is 49.1 Å². The summed E-state index contributed by atoms with van der Waals surface area (Å²) in [5.74, 6) is 0.374. The number of likely N-dealkylation sites (tertiary alicyclic amines) is 1. The van der Waals surface area contributed by atoms with Crippen LogP contribution in [0.25, 0.3) is 0 Å². The highest BCUT2D eigenvalue weighted by molar-refractivity contribution is 7.85. The van der Waals surface area contributed by atoms with Crippen molar-refractivity contribution in [2.24, 2.45) is 0 Å². The molecule has 1 saturated heterocycles. The summed E-state index contributed by atoms with van der Waals surface area (Å²) in [6, 6.07) is -0.0826. The Bertz CT molecular complexity index is 586. The molecule has 1 aliphatic heterocycles. The van der Waals surface area contributed by atoms with Crippen LogP contribution in [0.1, 0.15) is 45.7 Å². The molecule has 1 aromatic rings. The largest absolute Gasteiger partial charge is 0.444 e. The third kappa shape index (κ3) is 4.99. The highest BCUT2D eigenvalue weighted by Gasteiger charge is 2.32. The van der Waals surface area contributed by atoms with Crippen LogP contribution in [0.5, 0.6) is 0 Å². The van der Waals surface area contributed by atoms with Crippen molar-refractivity contribution < 1.29 is 13.7 Å². The third-order valence-electron chi connectivity index (χ3n) is 3.65. The molecule has 2 heterocycles. The van der Waals surface area contributed by atoms with Gasteiger partial charge >= 0.3 is 6.09 Å². The SMILES string of the molecule is Cc1nccnc1S(=O)CC1CCCCN1C(=O)OC(C)(C)C. The van der Waals surface area contributed by atoms with Crippen molar-refractivity contribution in [1.29, 1.82) is 0 Å². The summed E-state index contributed by atoms with van der Waals surface area (Å²) in [4.78, 5) is 22.4. The summed E-state index contributed by atoms with van der Waals surface area (Å²) in [6.07, 6.45) is 5.63. The minimum atomic E-state index is -1.28. The number of hydrogen-bond acceptors (Lipinski definition) is 5. The zero-order valence-corrected chi connectivity index (χ0v) is 15.1. The van der Waals surface area contributed by atoms with E-state index in [1.165, 1.54) is 0 Å². The van der Waals surface area contributed by atoms with E-state index in [4.69, 9.17) is 4.74 Å². The molecule has 2 unspecified atom stereocenters. The molecule has 7 heteroatoms. The fourth-order valence-electron chi connectivity index (χ4n) is 2.61. The standard InChI is InChI=1S/C16H25N3O3S/c1-12-14(18-9-8-17-12)23(21)11-13-7-5-6-10-19(13)15(20)22-16(2,3)4/h8-9,13H,5-7,10-11H2,1-4H3. The molecule has 0 aromatic carbocycles. The van der Waals surface area contributed by atoms with Gasteiger partial charge in [-0.3, -0.25) is 9.19 Å². The van der Waals surface area contributed by atoms with Crippen molar-refractivity contribution in [1.82, 2.24) is 14.9 Å². The first-order chi connectivity index (χ1) is 10.8. The Hall–Kier alpha value is -1.50. The topological polar surface area (TPSA) is 72.4 Å². The van der Waals surface area contributed by atoms with E-state index in [2.05, 4.69) is 9.97 Å². The number of amides is 1. The van der Waals surface area contributed by atoms with Crippen LogP contribution in [0.4, 0.5) is 4.79 Å². The van der Waals surface area contributed by atoms with E-state index in [1.54, 1.807) is 24.2 Å². The molecule has 2 rings (SSSR count). The van der Waals surface area contributed by atoms with Crippen LogP contribution >= 0.6 is 0 Å². The average molecular weight is 339 g/mol. The zero-order valence-electron chi connectivity index (χ0n) is 14.2. The molecule has 0 spiro atoms. The second kappa shape index (κ2) is 7.38. The highest BCUT2D eigenvalue weighted by atomic mass is 32.2.